The molecule has 0 atom stereocenters. The number of pyridine rings is 1. The van der Waals surface area contributed by atoms with Gasteiger partial charge >= 0.3 is 0 Å². The molecule has 21 heavy (non-hydrogen) atoms. The second kappa shape index (κ2) is 6.68. The molecule has 0 bridgehead atoms. The van der Waals surface area contributed by atoms with E-state index in [9.17, 15) is 4.39 Å². The van der Waals surface area contributed by atoms with Crippen LogP contribution in [0, 0.1) is 19.7 Å². The van der Waals surface area contributed by atoms with Crippen LogP contribution in [0.5, 0.6) is 11.6 Å². The van der Waals surface area contributed by atoms with Crippen molar-refractivity contribution in [2.24, 2.45) is 0 Å². The first-order valence-corrected chi connectivity index (χ1v) is 7.09. The highest BCUT2D eigenvalue weighted by Gasteiger charge is 2.05. The minimum atomic E-state index is -0.235. The van der Waals surface area contributed by atoms with Crippen molar-refractivity contribution < 1.29 is 9.13 Å². The maximum Gasteiger partial charge on any atom is 0.219 e. The molecule has 1 aromatic heterocycles. The first kappa shape index (κ1) is 15.4. The van der Waals surface area contributed by atoms with E-state index in [1.165, 1.54) is 6.07 Å². The number of nitrogens with zero attached hydrogens (tertiary/aromatic N) is 1. The minimum Gasteiger partial charge on any atom is -0.439 e. The van der Waals surface area contributed by atoms with Crippen molar-refractivity contribution in [1.29, 1.82) is 0 Å². The highest BCUT2D eigenvalue weighted by Crippen LogP contribution is 2.23. The van der Waals surface area contributed by atoms with Gasteiger partial charge in [0.1, 0.15) is 11.6 Å². The predicted octanol–water partition coefficient (Wildman–Crippen LogP) is 4.13. The van der Waals surface area contributed by atoms with Gasteiger partial charge in [-0.25, -0.2) is 9.37 Å². The summed E-state index contributed by atoms with van der Waals surface area (Å²) >= 11 is 0. The zero-order valence-electron chi connectivity index (χ0n) is 12.9. The van der Waals surface area contributed by atoms with Crippen LogP contribution in [0.4, 0.5) is 4.39 Å². The first-order chi connectivity index (χ1) is 9.94. The van der Waals surface area contributed by atoms with Crippen LogP contribution in [0.1, 0.15) is 30.7 Å². The molecule has 0 aliphatic heterocycles. The molecule has 0 saturated carbocycles. The Morgan fingerprint density at radius 1 is 1.19 bits per heavy atom. The van der Waals surface area contributed by atoms with Gasteiger partial charge in [0.15, 0.2) is 0 Å². The maximum atomic E-state index is 13.3. The van der Waals surface area contributed by atoms with Crippen molar-refractivity contribution in [2.45, 2.75) is 40.3 Å². The molecule has 2 aromatic rings. The van der Waals surface area contributed by atoms with Gasteiger partial charge in [0, 0.05) is 24.3 Å². The molecule has 2 rings (SSSR count). The van der Waals surface area contributed by atoms with Gasteiger partial charge in [0.25, 0.3) is 0 Å². The van der Waals surface area contributed by atoms with Crippen LogP contribution in [-0.2, 0) is 6.54 Å². The van der Waals surface area contributed by atoms with Gasteiger partial charge < -0.3 is 10.1 Å². The van der Waals surface area contributed by atoms with Crippen LogP contribution in [0.3, 0.4) is 0 Å². The zero-order chi connectivity index (χ0) is 15.4. The molecule has 1 aromatic carbocycles. The summed E-state index contributed by atoms with van der Waals surface area (Å²) in [6, 6.07) is 9.03. The van der Waals surface area contributed by atoms with Crippen LogP contribution in [0.25, 0.3) is 0 Å². The Morgan fingerprint density at radius 3 is 2.62 bits per heavy atom. The van der Waals surface area contributed by atoms with E-state index >= 15 is 0 Å². The predicted molar refractivity (Wildman–Crippen MR) is 82.2 cm³/mol. The number of nitrogens with one attached hydrogen (secondary N) is 1. The molecule has 0 aliphatic carbocycles. The minimum absolute atomic E-state index is 0.235. The molecule has 0 fully saturated rings. The molecule has 112 valence electrons. The fraction of sp³-hybridized carbons (Fsp3) is 0.353. The van der Waals surface area contributed by atoms with Gasteiger partial charge in [-0.15, -0.1) is 0 Å². The number of ether oxygens (including phenoxy) is 1. The van der Waals surface area contributed by atoms with Crippen LogP contribution in [-0.4, -0.2) is 11.0 Å². The fourth-order valence-electron chi connectivity index (χ4n) is 1.98. The summed E-state index contributed by atoms with van der Waals surface area (Å²) in [5, 5.41) is 3.36. The third-order valence-electron chi connectivity index (χ3n) is 3.06. The summed E-state index contributed by atoms with van der Waals surface area (Å²) in [7, 11) is 0. The topological polar surface area (TPSA) is 34.1 Å². The number of rotatable bonds is 5. The first-order valence-electron chi connectivity index (χ1n) is 7.09. The van der Waals surface area contributed by atoms with Gasteiger partial charge in [-0.2, -0.15) is 0 Å². The van der Waals surface area contributed by atoms with Crippen LogP contribution >= 0.6 is 0 Å². The van der Waals surface area contributed by atoms with E-state index < -0.39 is 0 Å². The Kier molecular flexibility index (Phi) is 4.91. The second-order valence-corrected chi connectivity index (χ2v) is 5.50. The lowest BCUT2D eigenvalue weighted by atomic mass is 10.2. The number of aromatic nitrogens is 1. The fourth-order valence-corrected chi connectivity index (χ4v) is 1.98. The van der Waals surface area contributed by atoms with Crippen LogP contribution in [0.15, 0.2) is 30.3 Å². The molecule has 1 N–H and O–H groups in total. The Labute approximate surface area is 125 Å². The third kappa shape index (κ3) is 4.53. The van der Waals surface area contributed by atoms with E-state index in [-0.39, 0.29) is 5.82 Å². The van der Waals surface area contributed by atoms with Crippen molar-refractivity contribution in [3.05, 3.63) is 53.0 Å². The normalized spacial score (nSPS) is 11.0. The number of halogens is 1. The molecular formula is C17H21FN2O. The maximum absolute atomic E-state index is 13.3. The van der Waals surface area contributed by atoms with Gasteiger partial charge in [0.2, 0.25) is 5.88 Å². The molecule has 0 aliphatic rings. The molecule has 0 saturated heterocycles. The highest BCUT2D eigenvalue weighted by molar-refractivity contribution is 5.33. The van der Waals surface area contributed by atoms with E-state index in [2.05, 4.69) is 24.1 Å². The summed E-state index contributed by atoms with van der Waals surface area (Å²) in [5.74, 6) is 0.887. The number of benzene rings is 1. The number of aryl methyl sites for hydroxylation is 2. The van der Waals surface area contributed by atoms with Gasteiger partial charge in [0.05, 0.1) is 0 Å². The lowest BCUT2D eigenvalue weighted by molar-refractivity contribution is 0.457. The lowest BCUT2D eigenvalue weighted by Gasteiger charge is -2.11. The summed E-state index contributed by atoms with van der Waals surface area (Å²) in [6.07, 6.45) is 0. The average molecular weight is 288 g/mol. The molecule has 0 unspecified atom stereocenters. The summed E-state index contributed by atoms with van der Waals surface area (Å²) < 4.78 is 19.0. The van der Waals surface area contributed by atoms with Crippen LogP contribution < -0.4 is 10.1 Å². The van der Waals surface area contributed by atoms with E-state index in [1.807, 2.05) is 19.1 Å². The van der Waals surface area contributed by atoms with Crippen LogP contribution in [0.2, 0.25) is 0 Å². The summed E-state index contributed by atoms with van der Waals surface area (Å²) in [4.78, 5) is 4.36. The Bertz CT molecular complexity index is 626. The van der Waals surface area contributed by atoms with E-state index in [1.54, 1.807) is 19.1 Å². The standard InChI is InChI=1S/C17H21FN2O/c1-11(2)19-10-14-8-13(4)20-17(9-14)21-15-5-6-16(18)12(3)7-15/h5-9,11,19H,10H2,1-4H3. The van der Waals surface area contributed by atoms with Crippen molar-refractivity contribution in [3.8, 4) is 11.6 Å². The van der Waals surface area contributed by atoms with E-state index in [0.29, 0.717) is 23.2 Å². The van der Waals surface area contributed by atoms with Gasteiger partial charge in [-0.05, 0) is 49.2 Å². The summed E-state index contributed by atoms with van der Waals surface area (Å²) in [5.41, 5.74) is 2.57. The van der Waals surface area contributed by atoms with E-state index in [0.717, 1.165) is 17.8 Å². The summed E-state index contributed by atoms with van der Waals surface area (Å²) in [6.45, 7) is 8.62. The van der Waals surface area contributed by atoms with Crippen molar-refractivity contribution in [1.82, 2.24) is 10.3 Å². The largest absolute Gasteiger partial charge is 0.439 e. The molecule has 1 heterocycles. The van der Waals surface area contributed by atoms with Crippen molar-refractivity contribution in [2.75, 3.05) is 0 Å². The zero-order valence-corrected chi connectivity index (χ0v) is 12.9. The quantitative estimate of drug-likeness (QED) is 0.898. The second-order valence-electron chi connectivity index (χ2n) is 5.50. The van der Waals surface area contributed by atoms with Gasteiger partial charge in [-0.1, -0.05) is 13.8 Å². The smallest absolute Gasteiger partial charge is 0.219 e. The SMILES string of the molecule is Cc1cc(CNC(C)C)cc(Oc2ccc(F)c(C)c2)n1. The Morgan fingerprint density at radius 2 is 1.95 bits per heavy atom. The monoisotopic (exact) mass is 288 g/mol. The highest BCUT2D eigenvalue weighted by atomic mass is 19.1. The van der Waals surface area contributed by atoms with Crippen molar-refractivity contribution >= 4 is 0 Å². The molecule has 0 spiro atoms. The van der Waals surface area contributed by atoms with Gasteiger partial charge in [-0.3, -0.25) is 0 Å². The Hall–Kier alpha value is -1.94. The molecule has 3 nitrogen and oxygen atoms in total. The molecule has 0 radical (unpaired) electrons. The molecular weight excluding hydrogens is 267 g/mol. The Balaban J connectivity index is 2.17. The third-order valence-corrected chi connectivity index (χ3v) is 3.06. The number of hydrogen-bond donors (Lipinski definition) is 1. The number of hydrogen-bond acceptors (Lipinski definition) is 3. The molecule has 4 heteroatoms. The average Bonchev–Trinajstić information content (AvgIpc) is 2.40. The lowest BCUT2D eigenvalue weighted by Crippen LogP contribution is -2.21. The van der Waals surface area contributed by atoms with Crippen molar-refractivity contribution in [3.63, 3.8) is 0 Å². The molecule has 0 amide bonds. The van der Waals surface area contributed by atoms with E-state index in [4.69, 9.17) is 4.74 Å².